The van der Waals surface area contributed by atoms with Gasteiger partial charge >= 0.3 is 0 Å². The first-order chi connectivity index (χ1) is 14.1. The molecule has 8 heteroatoms. The Morgan fingerprint density at radius 3 is 2.48 bits per heavy atom. The Kier molecular flexibility index (Phi) is 10.3. The maximum atomic E-state index is 10.1. The average molecular weight is 416 g/mol. The normalized spacial score (nSPS) is 9.59. The molecule has 3 aromatic rings. The third kappa shape index (κ3) is 6.50. The van der Waals surface area contributed by atoms with Gasteiger partial charge in [-0.15, -0.1) is 0 Å². The minimum atomic E-state index is -0.114. The molecule has 0 unspecified atom stereocenters. The predicted octanol–water partition coefficient (Wildman–Crippen LogP) is 6.24. The topological polar surface area (TPSA) is 107 Å². The zero-order valence-corrected chi connectivity index (χ0v) is 18.6. The number of aromatic nitrogens is 2. The molecule has 7 nitrogen and oxygen atoms in total. The lowest BCUT2D eigenvalue weighted by molar-refractivity contribution is 0.476. The summed E-state index contributed by atoms with van der Waals surface area (Å²) in [6, 6.07) is 8.84. The summed E-state index contributed by atoms with van der Waals surface area (Å²) < 4.78 is 13.9. The first-order valence-corrected chi connectivity index (χ1v) is 10.4. The quantitative estimate of drug-likeness (QED) is 0.409. The smallest absolute Gasteiger partial charge is 0.188 e. The fourth-order valence-electron chi connectivity index (χ4n) is 2.21. The third-order valence-corrected chi connectivity index (χ3v) is 4.20. The molecule has 29 heavy (non-hydrogen) atoms. The van der Waals surface area contributed by atoms with Crippen molar-refractivity contribution < 1.29 is 9.52 Å². The summed E-state index contributed by atoms with van der Waals surface area (Å²) in [4.78, 5) is 0. The highest BCUT2D eigenvalue weighted by Crippen LogP contribution is 2.32. The van der Waals surface area contributed by atoms with Crippen LogP contribution >= 0.6 is 11.7 Å². The largest absolute Gasteiger partial charge is 0.504 e. The number of phenolic OH excluding ortho intramolecular Hbond substituents is 1. The van der Waals surface area contributed by atoms with Crippen LogP contribution in [0.5, 0.6) is 5.75 Å². The van der Waals surface area contributed by atoms with E-state index in [-0.39, 0.29) is 11.3 Å². The minimum Gasteiger partial charge on any atom is -0.504 e. The summed E-state index contributed by atoms with van der Waals surface area (Å²) >= 11 is 1.04. The molecule has 1 aromatic carbocycles. The monoisotopic (exact) mass is 415 g/mol. The molecule has 0 saturated carbocycles. The first kappa shape index (κ1) is 24.0. The molecular weight excluding hydrogens is 386 g/mol. The SMILES string of the molecule is CC.CC.CC(C)c1coc(CNc2nsnc2Nc2cccc(C#N)c2O)c1. The fourth-order valence-corrected chi connectivity index (χ4v) is 2.70. The Labute approximate surface area is 176 Å². The Morgan fingerprint density at radius 2 is 1.86 bits per heavy atom. The van der Waals surface area contributed by atoms with Crippen LogP contribution in [0.1, 0.15) is 64.3 Å². The Morgan fingerprint density at radius 1 is 1.17 bits per heavy atom. The van der Waals surface area contributed by atoms with E-state index in [0.717, 1.165) is 23.1 Å². The van der Waals surface area contributed by atoms with Crippen LogP contribution in [0.4, 0.5) is 17.3 Å². The number of furan rings is 1. The van der Waals surface area contributed by atoms with Gasteiger partial charge in [0.05, 0.1) is 35.8 Å². The number of nitrogens with one attached hydrogen (secondary N) is 2. The summed E-state index contributed by atoms with van der Waals surface area (Å²) in [5.74, 6) is 2.12. The lowest BCUT2D eigenvalue weighted by atomic mass is 10.1. The van der Waals surface area contributed by atoms with Crippen molar-refractivity contribution >= 4 is 29.1 Å². The second-order valence-corrected chi connectivity index (χ2v) is 6.28. The zero-order valence-electron chi connectivity index (χ0n) is 17.8. The van der Waals surface area contributed by atoms with E-state index < -0.39 is 0 Å². The molecule has 156 valence electrons. The molecule has 0 aliphatic rings. The highest BCUT2D eigenvalue weighted by Gasteiger charge is 2.13. The van der Waals surface area contributed by atoms with Gasteiger partial charge in [0.2, 0.25) is 0 Å². The Hall–Kier alpha value is -3.05. The molecule has 2 aromatic heterocycles. The zero-order chi connectivity index (χ0) is 21.8. The van der Waals surface area contributed by atoms with Gasteiger partial charge in [0, 0.05) is 0 Å². The lowest BCUT2D eigenvalue weighted by Gasteiger charge is -2.08. The highest BCUT2D eigenvalue weighted by atomic mass is 32.1. The van der Waals surface area contributed by atoms with Crippen molar-refractivity contribution in [2.75, 3.05) is 10.6 Å². The maximum absolute atomic E-state index is 10.1. The van der Waals surface area contributed by atoms with E-state index in [4.69, 9.17) is 9.68 Å². The molecule has 0 radical (unpaired) electrons. The molecule has 3 N–H and O–H groups in total. The second kappa shape index (κ2) is 12.4. The minimum absolute atomic E-state index is 0.114. The van der Waals surface area contributed by atoms with Gasteiger partial charge in [-0.1, -0.05) is 47.6 Å². The summed E-state index contributed by atoms with van der Waals surface area (Å²) in [6.45, 7) is 12.7. The second-order valence-electron chi connectivity index (χ2n) is 5.75. The van der Waals surface area contributed by atoms with Crippen LogP contribution < -0.4 is 10.6 Å². The van der Waals surface area contributed by atoms with Crippen LogP contribution in [0.25, 0.3) is 0 Å². The van der Waals surface area contributed by atoms with Crippen LogP contribution in [0.2, 0.25) is 0 Å². The molecule has 0 spiro atoms. The van der Waals surface area contributed by atoms with Crippen molar-refractivity contribution in [1.82, 2.24) is 8.75 Å². The molecule has 3 rings (SSSR count). The molecule has 0 saturated heterocycles. The number of aromatic hydroxyl groups is 1. The van der Waals surface area contributed by atoms with E-state index in [1.165, 1.54) is 0 Å². The Bertz CT molecular complexity index is 912. The molecule has 0 fully saturated rings. The van der Waals surface area contributed by atoms with Crippen LogP contribution in [0, 0.1) is 11.3 Å². The van der Waals surface area contributed by atoms with Crippen LogP contribution in [0.3, 0.4) is 0 Å². The third-order valence-electron chi connectivity index (χ3n) is 3.67. The van der Waals surface area contributed by atoms with Crippen LogP contribution in [-0.2, 0) is 6.54 Å². The molecule has 0 bridgehead atoms. The molecule has 0 aliphatic carbocycles. The van der Waals surface area contributed by atoms with E-state index >= 15 is 0 Å². The number of nitriles is 1. The van der Waals surface area contributed by atoms with E-state index in [9.17, 15) is 5.11 Å². The fraction of sp³-hybridized carbons (Fsp3) is 0.381. The molecule has 2 heterocycles. The van der Waals surface area contributed by atoms with Gasteiger partial charge in [-0.25, -0.2) is 0 Å². The number of para-hydroxylation sites is 1. The standard InChI is InChI=1S/C17H17N5O2S.2C2H6/c1-10(2)12-6-13(24-9-12)8-19-16-17(22-25-21-16)20-14-5-3-4-11(7-18)15(14)23;2*1-2/h3-6,9-10,23H,8H2,1-2H3,(H,19,21)(H,20,22);2*1-2H3. The molecule has 0 amide bonds. The van der Waals surface area contributed by atoms with Gasteiger partial charge in [-0.2, -0.15) is 14.0 Å². The number of hydrogen-bond acceptors (Lipinski definition) is 8. The number of benzene rings is 1. The van der Waals surface area contributed by atoms with E-state index in [1.807, 2.05) is 39.8 Å². The van der Waals surface area contributed by atoms with Crippen molar-refractivity contribution in [3.05, 3.63) is 47.4 Å². The van der Waals surface area contributed by atoms with Crippen molar-refractivity contribution in [1.29, 1.82) is 5.26 Å². The van der Waals surface area contributed by atoms with Crippen LogP contribution in [0.15, 0.2) is 34.9 Å². The van der Waals surface area contributed by atoms with Gasteiger partial charge < -0.3 is 20.2 Å². The molecular formula is C21H29N5O2S. The molecule has 0 aliphatic heterocycles. The van der Waals surface area contributed by atoms with Crippen molar-refractivity contribution in [3.8, 4) is 11.8 Å². The Balaban J connectivity index is 0.000000989. The summed E-state index contributed by atoms with van der Waals surface area (Å²) in [6.07, 6.45) is 1.76. The average Bonchev–Trinajstić information content (AvgIpc) is 3.40. The van der Waals surface area contributed by atoms with Gasteiger partial charge in [-0.05, 0) is 29.7 Å². The van der Waals surface area contributed by atoms with Crippen LogP contribution in [-0.4, -0.2) is 13.9 Å². The number of phenols is 1. The summed E-state index contributed by atoms with van der Waals surface area (Å²) in [5, 5.41) is 25.2. The lowest BCUT2D eigenvalue weighted by Crippen LogP contribution is -2.02. The summed E-state index contributed by atoms with van der Waals surface area (Å²) in [5.41, 5.74) is 1.74. The van der Waals surface area contributed by atoms with Crippen molar-refractivity contribution in [2.24, 2.45) is 0 Å². The predicted molar refractivity (Wildman–Crippen MR) is 119 cm³/mol. The first-order valence-electron chi connectivity index (χ1n) is 9.71. The van der Waals surface area contributed by atoms with E-state index in [0.29, 0.717) is 29.8 Å². The summed E-state index contributed by atoms with van der Waals surface area (Å²) in [7, 11) is 0. The number of rotatable bonds is 6. The number of hydrogen-bond donors (Lipinski definition) is 3. The van der Waals surface area contributed by atoms with Crippen molar-refractivity contribution in [2.45, 2.75) is 54.0 Å². The van der Waals surface area contributed by atoms with E-state index in [1.54, 1.807) is 24.5 Å². The number of anilines is 3. The van der Waals surface area contributed by atoms with Gasteiger partial charge in [0.25, 0.3) is 0 Å². The highest BCUT2D eigenvalue weighted by molar-refractivity contribution is 6.99. The molecule has 0 atom stereocenters. The van der Waals surface area contributed by atoms with Gasteiger partial charge in [0.1, 0.15) is 11.8 Å². The van der Waals surface area contributed by atoms with Gasteiger partial charge in [0.15, 0.2) is 17.4 Å². The maximum Gasteiger partial charge on any atom is 0.188 e. The van der Waals surface area contributed by atoms with E-state index in [2.05, 4.69) is 33.2 Å². The van der Waals surface area contributed by atoms with Gasteiger partial charge in [-0.3, -0.25) is 0 Å². The van der Waals surface area contributed by atoms with Crippen molar-refractivity contribution in [3.63, 3.8) is 0 Å². The number of nitrogens with zero attached hydrogens (tertiary/aromatic N) is 3.